The van der Waals surface area contributed by atoms with Crippen LogP contribution < -0.4 is 26.4 Å². The maximum Gasteiger partial charge on any atom is 0.222 e. The lowest BCUT2D eigenvalue weighted by atomic mass is 9.92. The molecular formula is C24H36FN5O2. The van der Waals surface area contributed by atoms with Gasteiger partial charge in [-0.15, -0.1) is 0 Å². The van der Waals surface area contributed by atoms with E-state index in [1.165, 1.54) is 18.2 Å². The summed E-state index contributed by atoms with van der Waals surface area (Å²) in [6, 6.07) is 5.77. The molecule has 32 heavy (non-hydrogen) atoms. The zero-order valence-corrected chi connectivity index (χ0v) is 19.1. The summed E-state index contributed by atoms with van der Waals surface area (Å²) in [4.78, 5) is 4.31. The maximum atomic E-state index is 13.4. The summed E-state index contributed by atoms with van der Waals surface area (Å²) in [5.41, 5.74) is 6.33. The summed E-state index contributed by atoms with van der Waals surface area (Å²) < 4.78 is 19.1. The third-order valence-corrected chi connectivity index (χ3v) is 5.17. The standard InChI is InChI=1S/C24H36FN5O2/c1-5-9-24(31,16-29-18(3)20-14-27-15-20)10-11-28-19(4)30-23(12-17(2)26)32-22-8-6-7-21(25)13-22/h6-8,12-13,20,27-29,31H,3-5,9-11,14-16,26H2,1-2H3/b17-12-,30-23?. The Balaban J connectivity index is 1.92. The summed E-state index contributed by atoms with van der Waals surface area (Å²) in [5.74, 6) is 0.852. The molecule has 0 radical (unpaired) electrons. The van der Waals surface area contributed by atoms with Crippen LogP contribution in [0.3, 0.4) is 0 Å². The minimum atomic E-state index is -0.874. The Bertz CT molecular complexity index is 847. The van der Waals surface area contributed by atoms with E-state index >= 15 is 0 Å². The van der Waals surface area contributed by atoms with E-state index in [4.69, 9.17) is 10.5 Å². The zero-order chi connectivity index (χ0) is 23.6. The van der Waals surface area contributed by atoms with E-state index < -0.39 is 11.4 Å². The van der Waals surface area contributed by atoms with Gasteiger partial charge < -0.3 is 31.5 Å². The van der Waals surface area contributed by atoms with E-state index in [1.807, 2.05) is 6.92 Å². The molecule has 1 fully saturated rings. The number of aliphatic hydroxyl groups is 1. The lowest BCUT2D eigenvalue weighted by molar-refractivity contribution is 0.0247. The second kappa shape index (κ2) is 12.3. The molecule has 0 saturated carbocycles. The van der Waals surface area contributed by atoms with Gasteiger partial charge in [0.15, 0.2) is 0 Å². The van der Waals surface area contributed by atoms with Crippen LogP contribution in [0.25, 0.3) is 0 Å². The van der Waals surface area contributed by atoms with Crippen LogP contribution >= 0.6 is 0 Å². The number of hydrogen-bond acceptors (Lipinski definition) is 7. The summed E-state index contributed by atoms with van der Waals surface area (Å²) in [6.07, 6.45) is 3.57. The Labute approximate surface area is 190 Å². The molecule has 1 aromatic carbocycles. The third kappa shape index (κ3) is 8.72. The molecule has 6 N–H and O–H groups in total. The molecule has 1 unspecified atom stereocenters. The van der Waals surface area contributed by atoms with Gasteiger partial charge in [-0.2, -0.15) is 4.99 Å². The Hall–Kier alpha value is -2.84. The van der Waals surface area contributed by atoms with Crippen LogP contribution in [-0.2, 0) is 0 Å². The molecule has 0 aromatic heterocycles. The first-order chi connectivity index (χ1) is 15.2. The molecular weight excluding hydrogens is 409 g/mol. The first-order valence-electron chi connectivity index (χ1n) is 10.9. The van der Waals surface area contributed by atoms with Crippen molar-refractivity contribution in [2.75, 3.05) is 26.2 Å². The third-order valence-electron chi connectivity index (χ3n) is 5.17. The number of nitrogens with two attached hydrogens (primary N) is 1. The number of nitrogens with one attached hydrogen (secondary N) is 3. The number of nitrogens with zero attached hydrogens (tertiary/aromatic N) is 1. The van der Waals surface area contributed by atoms with Crippen molar-refractivity contribution in [2.24, 2.45) is 16.6 Å². The number of benzene rings is 1. The number of aliphatic imine (C=N–C) groups is 1. The lowest BCUT2D eigenvalue weighted by Gasteiger charge is -2.34. The monoisotopic (exact) mass is 445 g/mol. The van der Waals surface area contributed by atoms with Crippen LogP contribution in [0.1, 0.15) is 33.1 Å². The summed E-state index contributed by atoms with van der Waals surface area (Å²) in [6.45, 7) is 14.5. The number of rotatable bonds is 13. The van der Waals surface area contributed by atoms with Crippen molar-refractivity contribution < 1.29 is 14.2 Å². The highest BCUT2D eigenvalue weighted by molar-refractivity contribution is 5.90. The topological polar surface area (TPSA) is 104 Å². The molecule has 1 heterocycles. The normalized spacial score (nSPS) is 16.6. The predicted molar refractivity (Wildman–Crippen MR) is 128 cm³/mol. The Morgan fingerprint density at radius 2 is 2.12 bits per heavy atom. The van der Waals surface area contributed by atoms with E-state index in [0.717, 1.165) is 25.2 Å². The van der Waals surface area contributed by atoms with Crippen LogP contribution in [0.2, 0.25) is 0 Å². The molecule has 1 aromatic rings. The molecule has 0 amide bonds. The fourth-order valence-electron chi connectivity index (χ4n) is 3.27. The number of ether oxygens (including phenoxy) is 1. The van der Waals surface area contributed by atoms with E-state index in [1.54, 1.807) is 19.1 Å². The minimum Gasteiger partial charge on any atom is -0.439 e. The first kappa shape index (κ1) is 25.4. The van der Waals surface area contributed by atoms with Gasteiger partial charge in [0, 0.05) is 55.6 Å². The largest absolute Gasteiger partial charge is 0.439 e. The Morgan fingerprint density at radius 3 is 2.72 bits per heavy atom. The number of allylic oxidation sites excluding steroid dienone is 1. The number of hydrogen-bond donors (Lipinski definition) is 5. The average Bonchev–Trinajstić information content (AvgIpc) is 2.65. The van der Waals surface area contributed by atoms with Gasteiger partial charge in [-0.05, 0) is 31.9 Å². The summed E-state index contributed by atoms with van der Waals surface area (Å²) in [7, 11) is 0. The fraction of sp³-hybridized carbons (Fsp3) is 0.458. The molecule has 1 saturated heterocycles. The lowest BCUT2D eigenvalue weighted by Crippen LogP contribution is -2.48. The van der Waals surface area contributed by atoms with Crippen LogP contribution in [-0.4, -0.2) is 42.8 Å². The molecule has 1 atom stereocenters. The van der Waals surface area contributed by atoms with Crippen molar-refractivity contribution in [2.45, 2.75) is 38.7 Å². The highest BCUT2D eigenvalue weighted by atomic mass is 19.1. The van der Waals surface area contributed by atoms with Crippen molar-refractivity contribution >= 4 is 5.90 Å². The van der Waals surface area contributed by atoms with E-state index in [-0.39, 0.29) is 5.90 Å². The van der Waals surface area contributed by atoms with Crippen molar-refractivity contribution in [3.05, 3.63) is 66.5 Å². The van der Waals surface area contributed by atoms with Gasteiger partial charge in [-0.25, -0.2) is 4.39 Å². The molecule has 1 aliphatic rings. The fourth-order valence-corrected chi connectivity index (χ4v) is 3.27. The van der Waals surface area contributed by atoms with Gasteiger partial charge >= 0.3 is 0 Å². The zero-order valence-electron chi connectivity index (χ0n) is 19.1. The van der Waals surface area contributed by atoms with Gasteiger partial charge in [0.2, 0.25) is 5.90 Å². The van der Waals surface area contributed by atoms with E-state index in [0.29, 0.717) is 49.1 Å². The summed E-state index contributed by atoms with van der Waals surface area (Å²) >= 11 is 0. The van der Waals surface area contributed by atoms with Crippen molar-refractivity contribution in [3.8, 4) is 5.75 Å². The SMILES string of the molecule is C=C(N=C(/C=C(/C)N)Oc1cccc(F)c1)NCCC(O)(CCC)CNC(=C)C1CNC1. The van der Waals surface area contributed by atoms with Crippen LogP contribution in [0.4, 0.5) is 4.39 Å². The van der Waals surface area contributed by atoms with Crippen LogP contribution in [0, 0.1) is 11.7 Å². The second-order valence-corrected chi connectivity index (χ2v) is 8.23. The molecule has 2 rings (SSSR count). The molecule has 0 bridgehead atoms. The molecule has 0 spiro atoms. The van der Waals surface area contributed by atoms with Crippen molar-refractivity contribution in [1.29, 1.82) is 0 Å². The summed E-state index contributed by atoms with van der Waals surface area (Å²) in [5, 5.41) is 20.7. The molecule has 1 aliphatic heterocycles. The molecule has 8 heteroatoms. The minimum absolute atomic E-state index is 0.184. The van der Waals surface area contributed by atoms with Crippen LogP contribution in [0.15, 0.2) is 65.7 Å². The van der Waals surface area contributed by atoms with Gasteiger partial charge in [0.25, 0.3) is 0 Å². The highest BCUT2D eigenvalue weighted by Crippen LogP contribution is 2.19. The predicted octanol–water partition coefficient (Wildman–Crippen LogP) is 2.77. The van der Waals surface area contributed by atoms with Gasteiger partial charge in [0.1, 0.15) is 17.4 Å². The molecule has 176 valence electrons. The van der Waals surface area contributed by atoms with Crippen molar-refractivity contribution in [3.63, 3.8) is 0 Å². The van der Waals surface area contributed by atoms with Gasteiger partial charge in [-0.3, -0.25) is 0 Å². The average molecular weight is 446 g/mol. The number of halogens is 1. The van der Waals surface area contributed by atoms with E-state index in [9.17, 15) is 9.50 Å². The molecule has 7 nitrogen and oxygen atoms in total. The first-order valence-corrected chi connectivity index (χ1v) is 10.9. The second-order valence-electron chi connectivity index (χ2n) is 8.23. The molecule has 0 aliphatic carbocycles. The quantitative estimate of drug-likeness (QED) is 0.236. The highest BCUT2D eigenvalue weighted by Gasteiger charge is 2.27. The Kier molecular flexibility index (Phi) is 9.74. The van der Waals surface area contributed by atoms with Gasteiger partial charge in [0.05, 0.1) is 5.60 Å². The van der Waals surface area contributed by atoms with E-state index in [2.05, 4.69) is 34.1 Å². The maximum absolute atomic E-state index is 13.4. The van der Waals surface area contributed by atoms with Crippen LogP contribution in [0.5, 0.6) is 5.75 Å². The smallest absolute Gasteiger partial charge is 0.222 e. The van der Waals surface area contributed by atoms with Gasteiger partial charge in [-0.1, -0.05) is 32.6 Å². The Morgan fingerprint density at radius 1 is 1.38 bits per heavy atom. The van der Waals surface area contributed by atoms with Crippen molar-refractivity contribution in [1.82, 2.24) is 16.0 Å².